The molecule has 1 aliphatic heterocycles. The SMILES string of the molecule is O=C(/C=C(\Cl)N1CCCCC1)c1ccc([N+](=O)[O-])cc1. The Morgan fingerprint density at radius 2 is 1.80 bits per heavy atom. The molecule has 0 aliphatic carbocycles. The topological polar surface area (TPSA) is 63.5 Å². The Morgan fingerprint density at radius 1 is 1.20 bits per heavy atom. The van der Waals surface area contributed by atoms with Crippen molar-refractivity contribution in [3.8, 4) is 0 Å². The lowest BCUT2D eigenvalue weighted by Gasteiger charge is -2.27. The summed E-state index contributed by atoms with van der Waals surface area (Å²) in [7, 11) is 0. The van der Waals surface area contributed by atoms with Gasteiger partial charge in [-0.25, -0.2) is 0 Å². The van der Waals surface area contributed by atoms with Gasteiger partial charge in [0, 0.05) is 36.9 Å². The molecule has 0 aromatic heterocycles. The minimum atomic E-state index is -0.495. The number of hydrogen-bond donors (Lipinski definition) is 0. The lowest BCUT2D eigenvalue weighted by molar-refractivity contribution is -0.384. The van der Waals surface area contributed by atoms with Crippen molar-refractivity contribution in [3.63, 3.8) is 0 Å². The van der Waals surface area contributed by atoms with Crippen LogP contribution in [0.25, 0.3) is 0 Å². The third-order valence-corrected chi connectivity index (χ3v) is 3.62. The number of nitro benzene ring substituents is 1. The molecule has 1 heterocycles. The van der Waals surface area contributed by atoms with Gasteiger partial charge >= 0.3 is 0 Å². The van der Waals surface area contributed by atoms with E-state index in [0.29, 0.717) is 10.7 Å². The number of carbonyl (C=O) groups excluding carboxylic acids is 1. The quantitative estimate of drug-likeness (QED) is 0.281. The molecule has 0 unspecified atom stereocenters. The summed E-state index contributed by atoms with van der Waals surface area (Å²) in [5.41, 5.74) is 0.360. The Kier molecular flexibility index (Phi) is 4.74. The second-order valence-corrected chi connectivity index (χ2v) is 5.07. The molecule has 0 bridgehead atoms. The molecule has 1 aromatic carbocycles. The molecule has 1 aliphatic rings. The van der Waals surface area contributed by atoms with Gasteiger partial charge in [0.15, 0.2) is 5.78 Å². The Labute approximate surface area is 122 Å². The number of non-ortho nitro benzene ring substituents is 1. The molecule has 1 fully saturated rings. The molecular weight excluding hydrogens is 280 g/mol. The van der Waals surface area contributed by atoms with E-state index in [9.17, 15) is 14.9 Å². The summed E-state index contributed by atoms with van der Waals surface area (Å²) in [6, 6.07) is 5.51. The molecule has 1 aromatic rings. The van der Waals surface area contributed by atoms with Crippen LogP contribution in [0.5, 0.6) is 0 Å². The number of nitro groups is 1. The van der Waals surface area contributed by atoms with Crippen LogP contribution in [-0.2, 0) is 0 Å². The average Bonchev–Trinajstić information content (AvgIpc) is 2.48. The van der Waals surface area contributed by atoms with Gasteiger partial charge in [0.25, 0.3) is 5.69 Å². The highest BCUT2D eigenvalue weighted by Crippen LogP contribution is 2.19. The first-order valence-electron chi connectivity index (χ1n) is 6.49. The van der Waals surface area contributed by atoms with Crippen molar-refractivity contribution in [1.82, 2.24) is 4.90 Å². The van der Waals surface area contributed by atoms with Crippen molar-refractivity contribution >= 4 is 23.1 Å². The molecule has 1 saturated heterocycles. The molecule has 6 heteroatoms. The summed E-state index contributed by atoms with van der Waals surface area (Å²) in [4.78, 5) is 24.1. The number of piperidine rings is 1. The normalized spacial score (nSPS) is 16.1. The van der Waals surface area contributed by atoms with E-state index in [0.717, 1.165) is 25.9 Å². The molecule has 0 amide bonds. The van der Waals surface area contributed by atoms with Gasteiger partial charge in [-0.05, 0) is 31.4 Å². The Hall–Kier alpha value is -1.88. The lowest BCUT2D eigenvalue weighted by atomic mass is 10.1. The highest BCUT2D eigenvalue weighted by atomic mass is 35.5. The second-order valence-electron chi connectivity index (χ2n) is 4.68. The third kappa shape index (κ3) is 3.57. The van der Waals surface area contributed by atoms with E-state index < -0.39 is 4.92 Å². The van der Waals surface area contributed by atoms with Crippen molar-refractivity contribution in [2.24, 2.45) is 0 Å². The molecule has 0 N–H and O–H groups in total. The highest BCUT2D eigenvalue weighted by Gasteiger charge is 2.14. The largest absolute Gasteiger partial charge is 0.362 e. The predicted molar refractivity (Wildman–Crippen MR) is 76.8 cm³/mol. The first kappa shape index (κ1) is 14.5. The second kappa shape index (κ2) is 6.52. The van der Waals surface area contributed by atoms with Crippen LogP contribution in [0, 0.1) is 10.1 Å². The molecule has 0 saturated carbocycles. The van der Waals surface area contributed by atoms with Gasteiger partial charge in [-0.1, -0.05) is 11.6 Å². The molecule has 20 heavy (non-hydrogen) atoms. The van der Waals surface area contributed by atoms with Crippen molar-refractivity contribution < 1.29 is 9.72 Å². The van der Waals surface area contributed by atoms with Crippen LogP contribution in [-0.4, -0.2) is 28.7 Å². The maximum Gasteiger partial charge on any atom is 0.269 e. The number of allylic oxidation sites excluding steroid dienone is 1. The van der Waals surface area contributed by atoms with Crippen molar-refractivity contribution in [1.29, 1.82) is 0 Å². The van der Waals surface area contributed by atoms with Gasteiger partial charge in [-0.15, -0.1) is 0 Å². The molecule has 0 radical (unpaired) electrons. The first-order valence-corrected chi connectivity index (χ1v) is 6.86. The zero-order chi connectivity index (χ0) is 14.5. The minimum absolute atomic E-state index is 0.0346. The molecule has 0 atom stereocenters. The smallest absolute Gasteiger partial charge is 0.269 e. The summed E-state index contributed by atoms with van der Waals surface area (Å²) in [5, 5.41) is 11.0. The van der Waals surface area contributed by atoms with E-state index in [1.165, 1.54) is 36.8 Å². The average molecular weight is 295 g/mol. The summed E-state index contributed by atoms with van der Waals surface area (Å²) >= 11 is 6.14. The fourth-order valence-electron chi connectivity index (χ4n) is 2.14. The van der Waals surface area contributed by atoms with E-state index in [1.807, 2.05) is 4.90 Å². The van der Waals surface area contributed by atoms with Crippen LogP contribution in [0.4, 0.5) is 5.69 Å². The number of likely N-dealkylation sites (tertiary alicyclic amines) is 1. The standard InChI is InChI=1S/C14H15ClN2O3/c15-14(16-8-2-1-3-9-16)10-13(18)11-4-6-12(7-5-11)17(19)20/h4-7,10H,1-3,8-9H2/b14-10+. The molecular formula is C14H15ClN2O3. The monoisotopic (exact) mass is 294 g/mol. The van der Waals surface area contributed by atoms with Gasteiger partial charge in [0.05, 0.1) is 4.92 Å². The fourth-order valence-corrected chi connectivity index (χ4v) is 2.41. The van der Waals surface area contributed by atoms with Gasteiger partial charge in [0.1, 0.15) is 5.16 Å². The Balaban J connectivity index is 2.08. The maximum absolute atomic E-state index is 12.0. The van der Waals surface area contributed by atoms with Crippen molar-refractivity contribution in [2.75, 3.05) is 13.1 Å². The number of ketones is 1. The Morgan fingerprint density at radius 3 is 2.35 bits per heavy atom. The summed E-state index contributed by atoms with van der Waals surface area (Å²) in [5.74, 6) is -0.240. The number of benzene rings is 1. The number of halogens is 1. The number of nitrogens with zero attached hydrogens (tertiary/aromatic N) is 2. The van der Waals surface area contributed by atoms with Crippen LogP contribution >= 0.6 is 11.6 Å². The van der Waals surface area contributed by atoms with E-state index >= 15 is 0 Å². The predicted octanol–water partition coefficient (Wildman–Crippen LogP) is 3.34. The number of carbonyl (C=O) groups is 1. The molecule has 2 rings (SSSR count). The number of hydrogen-bond acceptors (Lipinski definition) is 4. The fraction of sp³-hybridized carbons (Fsp3) is 0.357. The van der Waals surface area contributed by atoms with Crippen LogP contribution in [0.15, 0.2) is 35.5 Å². The molecule has 5 nitrogen and oxygen atoms in total. The summed E-state index contributed by atoms with van der Waals surface area (Å²) in [6.07, 6.45) is 4.73. The van der Waals surface area contributed by atoms with Crippen molar-refractivity contribution in [2.45, 2.75) is 19.3 Å². The maximum atomic E-state index is 12.0. The van der Waals surface area contributed by atoms with Gasteiger partial charge in [0.2, 0.25) is 0 Å². The summed E-state index contributed by atoms with van der Waals surface area (Å²) in [6.45, 7) is 1.73. The van der Waals surface area contributed by atoms with Crippen molar-refractivity contribution in [3.05, 3.63) is 51.2 Å². The zero-order valence-electron chi connectivity index (χ0n) is 10.9. The van der Waals surface area contributed by atoms with Gasteiger partial charge in [-0.2, -0.15) is 0 Å². The van der Waals surface area contributed by atoms with Crippen LogP contribution < -0.4 is 0 Å². The minimum Gasteiger partial charge on any atom is -0.362 e. The van der Waals surface area contributed by atoms with Crippen LogP contribution in [0.3, 0.4) is 0 Å². The molecule has 0 spiro atoms. The van der Waals surface area contributed by atoms with Gasteiger partial charge < -0.3 is 4.90 Å². The number of rotatable bonds is 4. The van der Waals surface area contributed by atoms with E-state index in [2.05, 4.69) is 0 Å². The lowest BCUT2D eigenvalue weighted by Crippen LogP contribution is -2.27. The highest BCUT2D eigenvalue weighted by molar-refractivity contribution is 6.31. The van der Waals surface area contributed by atoms with Crippen LogP contribution in [0.2, 0.25) is 0 Å². The van der Waals surface area contributed by atoms with E-state index in [1.54, 1.807) is 0 Å². The van der Waals surface area contributed by atoms with Crippen LogP contribution in [0.1, 0.15) is 29.6 Å². The first-order chi connectivity index (χ1) is 9.58. The van der Waals surface area contributed by atoms with E-state index in [4.69, 9.17) is 11.6 Å². The third-order valence-electron chi connectivity index (χ3n) is 3.27. The van der Waals surface area contributed by atoms with Gasteiger partial charge in [-0.3, -0.25) is 14.9 Å². The zero-order valence-corrected chi connectivity index (χ0v) is 11.7. The Bertz CT molecular complexity index is 534. The summed E-state index contributed by atoms with van der Waals surface area (Å²) < 4.78 is 0. The molecule has 106 valence electrons. The van der Waals surface area contributed by atoms with E-state index in [-0.39, 0.29) is 11.5 Å².